The van der Waals surface area contributed by atoms with Crippen LogP contribution in [-0.2, 0) is 0 Å². The van der Waals surface area contributed by atoms with E-state index < -0.39 is 246 Å². The molecular weight excluding hydrogens is 504 g/mol. The van der Waals surface area contributed by atoms with Gasteiger partial charge in [0.15, 0.2) is 0 Å². The predicted octanol–water partition coefficient (Wildman–Crippen LogP) is 11.8. The minimum Gasteiger partial charge on any atom is -0.0622 e. The topological polar surface area (TPSA) is 0 Å². The molecule has 0 fully saturated rings. The van der Waals surface area contributed by atoms with E-state index >= 15 is 0 Å². The zero-order valence-electron chi connectivity index (χ0n) is 49.0. The first-order chi connectivity index (χ1) is 32.5. The molecule has 8 aromatic rings. The Morgan fingerprint density at radius 1 is 0.262 bits per heavy atom. The predicted molar refractivity (Wildman–Crippen MR) is 181 cm³/mol. The van der Waals surface area contributed by atoms with Crippen molar-refractivity contribution >= 4 is 32.3 Å². The molecule has 0 heterocycles. The van der Waals surface area contributed by atoms with E-state index in [1.807, 2.05) is 0 Å². The molecule has 0 amide bonds. The molecule has 0 aliphatic heterocycles. The van der Waals surface area contributed by atoms with Crippen LogP contribution in [0.2, 0.25) is 0 Å². The molecule has 0 saturated carbocycles. The molecule has 0 unspecified atom stereocenters. The highest BCUT2D eigenvalue weighted by atomic mass is 14.2. The SMILES string of the molecule is [2H]c1c([2H])c([2H])c(-c2c([2H])c([2H])c(-c3c4c([2H])c([2H])c([2H])c([2H])c4c(-c4c([2H])c([2H])c([2H])c([2H])c4[2H])c4c([2H])c([2H])c(-c5c([2H])c([2H])c6c([2H])c([2H])c([2H])c([2H])c6c5[2H])c([2H])c34)c([2H])c2[2H])c([2H])c1[2H]. The van der Waals surface area contributed by atoms with Gasteiger partial charge in [-0.25, -0.2) is 0 Å². The van der Waals surface area contributed by atoms with Crippen LogP contribution in [0.3, 0.4) is 0 Å². The van der Waals surface area contributed by atoms with Crippen molar-refractivity contribution in [2.24, 2.45) is 0 Å². The van der Waals surface area contributed by atoms with Crippen molar-refractivity contribution in [3.05, 3.63) is 169 Å². The van der Waals surface area contributed by atoms with Crippen molar-refractivity contribution in [3.8, 4) is 44.5 Å². The van der Waals surface area contributed by atoms with Gasteiger partial charge in [-0.15, -0.1) is 0 Å². The van der Waals surface area contributed by atoms with Crippen LogP contribution in [0.5, 0.6) is 0 Å². The summed E-state index contributed by atoms with van der Waals surface area (Å²) in [7, 11) is 0. The smallest absolute Gasteiger partial charge is 0.0622 e. The van der Waals surface area contributed by atoms with Gasteiger partial charge in [0, 0.05) is 0 Å². The van der Waals surface area contributed by atoms with Gasteiger partial charge in [-0.05, 0) is 88.9 Å². The van der Waals surface area contributed by atoms with E-state index in [1.54, 1.807) is 0 Å². The van der Waals surface area contributed by atoms with E-state index in [-0.39, 0.29) is 0 Å². The maximum Gasteiger partial charge on any atom is 0.0636 e. The average molecular weight is 561 g/mol. The first-order valence-corrected chi connectivity index (χ1v) is 12.2. The molecule has 0 atom stereocenters. The van der Waals surface area contributed by atoms with Gasteiger partial charge in [0.25, 0.3) is 0 Å². The maximum absolute atomic E-state index is 9.98. The molecule has 0 aliphatic carbocycles. The standard InChI is InChI=1S/C42H28/c1-3-11-29(12-4-1)31-19-22-33(23-20-31)42-38-18-10-9-17-37(38)41(32-14-5-2-6-15-32)39-26-25-36(28-40(39)42)35-24-21-30-13-7-8-16-34(30)27-35/h1-28H/i1D,2D,3D,4D,5D,6D,7D,8D,9D,10D,11D,12D,13D,14D,15D,16D,17D,18D,19D,20D,21D,22D,23D,24D,25D,26D,27D,28D. The van der Waals surface area contributed by atoms with Gasteiger partial charge in [-0.3, -0.25) is 0 Å². The minimum atomic E-state index is -1.13. The van der Waals surface area contributed by atoms with Crippen molar-refractivity contribution in [1.29, 1.82) is 0 Å². The number of hydrogen-bond donors (Lipinski definition) is 0. The van der Waals surface area contributed by atoms with Crippen LogP contribution < -0.4 is 0 Å². The Hall–Kier alpha value is -5.46. The number of benzene rings is 8. The average Bonchev–Trinajstić information content (AvgIpc) is 3.32. The highest BCUT2D eigenvalue weighted by Crippen LogP contribution is 2.45. The van der Waals surface area contributed by atoms with Gasteiger partial charge in [0.1, 0.15) is 0 Å². The highest BCUT2D eigenvalue weighted by molar-refractivity contribution is 6.22. The van der Waals surface area contributed by atoms with Crippen molar-refractivity contribution in [2.75, 3.05) is 0 Å². The Morgan fingerprint density at radius 2 is 0.690 bits per heavy atom. The molecular formula is C42H28. The molecule has 0 bridgehead atoms. The second-order valence-corrected chi connectivity index (χ2v) is 8.75. The molecule has 8 rings (SSSR count). The summed E-state index contributed by atoms with van der Waals surface area (Å²) in [4.78, 5) is 0. The fourth-order valence-electron chi connectivity index (χ4n) is 4.56. The van der Waals surface area contributed by atoms with Crippen LogP contribution in [0, 0.1) is 0 Å². The third-order valence-electron chi connectivity index (χ3n) is 6.38. The lowest BCUT2D eigenvalue weighted by atomic mass is 9.84. The Bertz CT molecular complexity index is 3710. The van der Waals surface area contributed by atoms with Gasteiger partial charge in [-0.1, -0.05) is 157 Å². The number of fused-ring (bicyclic) bond motifs is 3. The van der Waals surface area contributed by atoms with Crippen molar-refractivity contribution < 1.29 is 38.4 Å². The lowest BCUT2D eigenvalue weighted by Gasteiger charge is -2.19. The summed E-state index contributed by atoms with van der Waals surface area (Å²) < 4.78 is 249. The van der Waals surface area contributed by atoms with Crippen LogP contribution in [0.4, 0.5) is 0 Å². The highest BCUT2D eigenvalue weighted by Gasteiger charge is 2.17. The molecule has 8 aromatic carbocycles. The van der Waals surface area contributed by atoms with Gasteiger partial charge >= 0.3 is 0 Å². The minimum absolute atomic E-state index is 0.594. The second-order valence-electron chi connectivity index (χ2n) is 8.75. The first-order valence-electron chi connectivity index (χ1n) is 26.2. The van der Waals surface area contributed by atoms with Crippen LogP contribution in [-0.4, -0.2) is 0 Å². The lowest BCUT2D eigenvalue weighted by Crippen LogP contribution is -1.92. The van der Waals surface area contributed by atoms with E-state index in [2.05, 4.69) is 0 Å². The fraction of sp³-hybridized carbons (Fsp3) is 0. The fourth-order valence-corrected chi connectivity index (χ4v) is 4.56. The summed E-state index contributed by atoms with van der Waals surface area (Å²) >= 11 is 0. The number of rotatable bonds is 4. The Labute approximate surface area is 285 Å². The normalized spacial score (nSPS) is 20.7. The Kier molecular flexibility index (Phi) is 2.19. The van der Waals surface area contributed by atoms with Gasteiger partial charge in [-0.2, -0.15) is 0 Å². The molecule has 0 aliphatic rings. The van der Waals surface area contributed by atoms with E-state index in [1.165, 1.54) is 0 Å². The summed E-state index contributed by atoms with van der Waals surface area (Å²) in [5, 5.41) is -4.49. The van der Waals surface area contributed by atoms with Crippen LogP contribution in [0.15, 0.2) is 169 Å². The maximum atomic E-state index is 9.98. The summed E-state index contributed by atoms with van der Waals surface area (Å²) in [6.07, 6.45) is 0. The van der Waals surface area contributed by atoms with Crippen molar-refractivity contribution in [3.63, 3.8) is 0 Å². The summed E-state index contributed by atoms with van der Waals surface area (Å²) in [6.45, 7) is 0. The third-order valence-corrected chi connectivity index (χ3v) is 6.38. The lowest BCUT2D eigenvalue weighted by molar-refractivity contribution is 1.61. The quantitative estimate of drug-likeness (QED) is 0.188. The molecule has 0 saturated heterocycles. The Balaban J connectivity index is 1.76. The molecule has 0 aromatic heterocycles. The first kappa shape index (κ1) is 9.02. The van der Waals surface area contributed by atoms with Gasteiger partial charge in [0.2, 0.25) is 0 Å². The zero-order chi connectivity index (χ0) is 52.2. The van der Waals surface area contributed by atoms with E-state index in [0.29, 0.717) is 0 Å². The summed E-state index contributed by atoms with van der Waals surface area (Å²) in [5.41, 5.74) is -6.73. The van der Waals surface area contributed by atoms with Crippen LogP contribution >= 0.6 is 0 Å². The third kappa shape index (κ3) is 4.17. The molecule has 0 N–H and O–H groups in total. The monoisotopic (exact) mass is 560 g/mol. The van der Waals surface area contributed by atoms with E-state index in [9.17, 15) is 13.7 Å². The largest absolute Gasteiger partial charge is 0.0636 e. The second kappa shape index (κ2) is 10.2. The van der Waals surface area contributed by atoms with Crippen LogP contribution in [0.1, 0.15) is 38.4 Å². The Morgan fingerprint density at radius 3 is 1.40 bits per heavy atom. The zero-order valence-corrected chi connectivity index (χ0v) is 21.0. The summed E-state index contributed by atoms with van der Waals surface area (Å²) in [6, 6.07) is -27.5. The molecule has 0 spiro atoms. The molecule has 42 heavy (non-hydrogen) atoms. The van der Waals surface area contributed by atoms with Gasteiger partial charge < -0.3 is 0 Å². The molecule has 196 valence electrons. The molecule has 0 nitrogen and oxygen atoms in total. The van der Waals surface area contributed by atoms with Crippen LogP contribution in [0.25, 0.3) is 76.8 Å². The van der Waals surface area contributed by atoms with Crippen molar-refractivity contribution in [1.82, 2.24) is 0 Å². The number of hydrogen-bond acceptors (Lipinski definition) is 0. The van der Waals surface area contributed by atoms with Gasteiger partial charge in [0.05, 0.1) is 38.4 Å². The summed E-state index contributed by atoms with van der Waals surface area (Å²) in [5.74, 6) is 0. The van der Waals surface area contributed by atoms with E-state index in [0.717, 1.165) is 0 Å². The molecule has 0 radical (unpaired) electrons. The van der Waals surface area contributed by atoms with E-state index in [4.69, 9.17) is 24.7 Å². The van der Waals surface area contributed by atoms with Crippen molar-refractivity contribution in [2.45, 2.75) is 0 Å². The molecule has 0 heteroatoms.